The molecule has 0 radical (unpaired) electrons. The summed E-state index contributed by atoms with van der Waals surface area (Å²) in [6, 6.07) is 0. The quantitative estimate of drug-likeness (QED) is 0.0222. The molecule has 2 unspecified atom stereocenters. The highest BCUT2D eigenvalue weighted by Crippen LogP contribution is 2.45. The third-order valence-corrected chi connectivity index (χ3v) is 19.1. The fraction of sp³-hybridized carbons (Fsp3) is 0.946. The predicted molar refractivity (Wildman–Crippen MR) is 377 cm³/mol. The van der Waals surface area contributed by atoms with Gasteiger partial charge < -0.3 is 33.8 Å². The van der Waals surface area contributed by atoms with Gasteiger partial charge in [0.25, 0.3) is 0 Å². The summed E-state index contributed by atoms with van der Waals surface area (Å²) >= 11 is 0. The number of carbonyl (C=O) groups excluding carboxylic acids is 4. The molecule has 0 aromatic carbocycles. The molecular weight excluding hydrogens is 1220 g/mol. The van der Waals surface area contributed by atoms with Crippen LogP contribution in [0.1, 0.15) is 382 Å². The van der Waals surface area contributed by atoms with Crippen LogP contribution in [0.4, 0.5) is 0 Å². The number of carbonyl (C=O) groups is 4. The van der Waals surface area contributed by atoms with Crippen molar-refractivity contribution in [2.75, 3.05) is 39.6 Å². The first-order valence-electron chi connectivity index (χ1n) is 38.5. The lowest BCUT2D eigenvalue weighted by molar-refractivity contribution is -0.161. The van der Waals surface area contributed by atoms with Gasteiger partial charge in [0.1, 0.15) is 19.3 Å². The Morgan fingerprint density at radius 1 is 0.290 bits per heavy atom. The van der Waals surface area contributed by atoms with Crippen molar-refractivity contribution in [2.24, 2.45) is 11.8 Å². The Labute approximate surface area is 568 Å². The van der Waals surface area contributed by atoms with Gasteiger partial charge in [-0.2, -0.15) is 0 Å². The van der Waals surface area contributed by atoms with Crippen molar-refractivity contribution >= 4 is 39.5 Å². The maximum absolute atomic E-state index is 13.1. The van der Waals surface area contributed by atoms with E-state index in [-0.39, 0.29) is 25.7 Å². The highest BCUT2D eigenvalue weighted by atomic mass is 31.2. The van der Waals surface area contributed by atoms with Crippen molar-refractivity contribution in [1.29, 1.82) is 0 Å². The lowest BCUT2D eigenvalue weighted by Crippen LogP contribution is -2.30. The fourth-order valence-corrected chi connectivity index (χ4v) is 12.9. The normalized spacial score (nSPS) is 14.1. The molecule has 17 nitrogen and oxygen atoms in total. The summed E-state index contributed by atoms with van der Waals surface area (Å²) in [6.07, 6.45) is 52.5. The number of hydrogen-bond acceptors (Lipinski definition) is 15. The number of unbranched alkanes of at least 4 members (excludes halogenated alkanes) is 43. The molecule has 552 valence electrons. The van der Waals surface area contributed by atoms with E-state index in [9.17, 15) is 43.2 Å². The van der Waals surface area contributed by atoms with Crippen LogP contribution in [0, 0.1) is 11.8 Å². The number of rotatable bonds is 73. The van der Waals surface area contributed by atoms with Gasteiger partial charge in [0.15, 0.2) is 12.2 Å². The maximum Gasteiger partial charge on any atom is 0.472 e. The molecule has 0 aliphatic carbocycles. The van der Waals surface area contributed by atoms with Gasteiger partial charge in [0.05, 0.1) is 26.4 Å². The molecule has 0 bridgehead atoms. The molecule has 0 fully saturated rings. The Morgan fingerprint density at radius 2 is 0.495 bits per heavy atom. The molecule has 0 aliphatic rings. The van der Waals surface area contributed by atoms with Crippen molar-refractivity contribution < 1.29 is 80.2 Å². The van der Waals surface area contributed by atoms with Crippen molar-refractivity contribution in [3.05, 3.63) is 0 Å². The Kier molecular flexibility index (Phi) is 64.6. The van der Waals surface area contributed by atoms with Crippen LogP contribution in [0.15, 0.2) is 0 Å². The first kappa shape index (κ1) is 91.1. The Hall–Kier alpha value is -1.94. The van der Waals surface area contributed by atoms with Gasteiger partial charge in [-0.1, -0.05) is 330 Å². The largest absolute Gasteiger partial charge is 0.472 e. The number of hydrogen-bond donors (Lipinski definition) is 3. The van der Waals surface area contributed by atoms with Gasteiger partial charge in [0.2, 0.25) is 0 Å². The van der Waals surface area contributed by atoms with Crippen LogP contribution in [-0.2, 0) is 65.4 Å². The molecule has 0 aromatic rings. The third-order valence-electron chi connectivity index (χ3n) is 17.2. The number of ether oxygens (including phenoxy) is 4. The first-order chi connectivity index (χ1) is 44.9. The van der Waals surface area contributed by atoms with Crippen molar-refractivity contribution in [3.8, 4) is 0 Å². The second kappa shape index (κ2) is 66.0. The molecule has 0 aliphatic heterocycles. The fourth-order valence-electron chi connectivity index (χ4n) is 11.3. The molecule has 3 N–H and O–H groups in total. The van der Waals surface area contributed by atoms with E-state index < -0.39 is 97.5 Å². The minimum atomic E-state index is -4.96. The Morgan fingerprint density at radius 3 is 0.731 bits per heavy atom. The van der Waals surface area contributed by atoms with Gasteiger partial charge in [-0.05, 0) is 37.5 Å². The van der Waals surface area contributed by atoms with E-state index >= 15 is 0 Å². The van der Waals surface area contributed by atoms with Gasteiger partial charge in [-0.3, -0.25) is 37.3 Å². The van der Waals surface area contributed by atoms with E-state index in [1.165, 1.54) is 199 Å². The van der Waals surface area contributed by atoms with Crippen molar-refractivity contribution in [2.45, 2.75) is 400 Å². The molecule has 0 amide bonds. The molecule has 93 heavy (non-hydrogen) atoms. The standard InChI is InChI=1S/C74H144O17P2/c1-7-9-11-13-15-17-19-27-34-40-46-52-58-73(78)90-69(62-84-71(76)56-50-44-38-32-24-18-16-14-12-10-8-2)64-88-92(80,81)86-60-68(75)61-87-93(82,83)89-65-70(91-74(79)59-53-47-41-35-29-23-21-26-31-37-43-49-55-67(5)6)63-85-72(77)57-51-45-39-33-28-22-20-25-30-36-42-48-54-66(3)4/h66-70,75H,7-65H2,1-6H3,(H,80,81)(H,82,83)/t68-,69+,70+/m0/s1. The van der Waals surface area contributed by atoms with E-state index in [4.69, 9.17) is 37.0 Å². The molecule has 0 saturated carbocycles. The summed E-state index contributed by atoms with van der Waals surface area (Å²) in [4.78, 5) is 72.7. The number of phosphoric acid groups is 2. The van der Waals surface area contributed by atoms with Gasteiger partial charge in [0, 0.05) is 25.7 Å². The summed E-state index contributed by atoms with van der Waals surface area (Å²) in [5, 5.41) is 10.6. The maximum atomic E-state index is 13.1. The van der Waals surface area contributed by atoms with Crippen LogP contribution < -0.4 is 0 Å². The third kappa shape index (κ3) is 68.4. The molecule has 0 rings (SSSR count). The lowest BCUT2D eigenvalue weighted by atomic mass is 10.0. The monoisotopic (exact) mass is 1370 g/mol. The number of aliphatic hydroxyl groups is 1. The SMILES string of the molecule is CCCCCCCCCCCCCCC(=O)O[C@H](COC(=O)CCCCCCCCCCCCC)COP(=O)(O)OC[C@H](O)COP(=O)(O)OC[C@@H](COC(=O)CCCCCCCCCCCCCCC(C)C)OC(=O)CCCCCCCCCCCCCCC(C)C. The zero-order valence-corrected chi connectivity index (χ0v) is 62.3. The highest BCUT2D eigenvalue weighted by Gasteiger charge is 2.30. The van der Waals surface area contributed by atoms with Gasteiger partial charge in [-0.25, -0.2) is 9.13 Å². The second-order valence-electron chi connectivity index (χ2n) is 27.6. The zero-order valence-electron chi connectivity index (χ0n) is 60.6. The van der Waals surface area contributed by atoms with Crippen molar-refractivity contribution in [1.82, 2.24) is 0 Å². The summed E-state index contributed by atoms with van der Waals surface area (Å²) < 4.78 is 68.5. The molecule has 0 aromatic heterocycles. The molecule has 19 heteroatoms. The predicted octanol–water partition coefficient (Wildman–Crippen LogP) is 21.6. The van der Waals surface area contributed by atoms with E-state index in [0.29, 0.717) is 25.7 Å². The van der Waals surface area contributed by atoms with Crippen LogP contribution in [0.25, 0.3) is 0 Å². The smallest absolute Gasteiger partial charge is 0.462 e. The number of esters is 4. The van der Waals surface area contributed by atoms with Crippen LogP contribution in [0.2, 0.25) is 0 Å². The summed E-state index contributed by atoms with van der Waals surface area (Å²) in [7, 11) is -9.91. The minimum Gasteiger partial charge on any atom is -0.462 e. The summed E-state index contributed by atoms with van der Waals surface area (Å²) in [5.74, 6) is -0.557. The Bertz CT molecular complexity index is 1800. The Balaban J connectivity index is 5.25. The highest BCUT2D eigenvalue weighted by molar-refractivity contribution is 7.47. The molecule has 5 atom stereocenters. The molecule has 0 spiro atoms. The van der Waals surface area contributed by atoms with Crippen LogP contribution >= 0.6 is 15.6 Å². The van der Waals surface area contributed by atoms with Crippen molar-refractivity contribution in [3.63, 3.8) is 0 Å². The summed E-state index contributed by atoms with van der Waals surface area (Å²) in [6.45, 7) is 9.60. The molecule has 0 heterocycles. The topological polar surface area (TPSA) is 237 Å². The first-order valence-corrected chi connectivity index (χ1v) is 41.5. The average Bonchev–Trinajstić information content (AvgIpc) is 1.86. The van der Waals surface area contributed by atoms with Crippen LogP contribution in [0.3, 0.4) is 0 Å². The average molecular weight is 1370 g/mol. The van der Waals surface area contributed by atoms with E-state index in [1.807, 2.05) is 0 Å². The van der Waals surface area contributed by atoms with Gasteiger partial charge in [-0.15, -0.1) is 0 Å². The van der Waals surface area contributed by atoms with E-state index in [1.54, 1.807) is 0 Å². The molecule has 0 saturated heterocycles. The second-order valence-corrected chi connectivity index (χ2v) is 30.5. The number of aliphatic hydroxyl groups excluding tert-OH is 1. The summed E-state index contributed by atoms with van der Waals surface area (Å²) in [5.41, 5.74) is 0. The molecular formula is C74H144O17P2. The van der Waals surface area contributed by atoms with E-state index in [0.717, 1.165) is 102 Å². The number of phosphoric ester groups is 2. The minimum absolute atomic E-state index is 0.107. The van der Waals surface area contributed by atoms with E-state index in [2.05, 4.69) is 41.5 Å². The lowest BCUT2D eigenvalue weighted by Gasteiger charge is -2.21. The zero-order chi connectivity index (χ0) is 68.6. The van der Waals surface area contributed by atoms with Crippen LogP contribution in [-0.4, -0.2) is 96.7 Å². The van der Waals surface area contributed by atoms with Crippen LogP contribution in [0.5, 0.6) is 0 Å². The van der Waals surface area contributed by atoms with Gasteiger partial charge >= 0.3 is 39.5 Å².